The normalized spacial score (nSPS) is 14.5. The zero-order valence-electron chi connectivity index (χ0n) is 36.9. The van der Waals surface area contributed by atoms with Crippen LogP contribution in [0, 0.1) is 0 Å². The minimum Gasteiger partial charge on any atom is -0.387 e. The van der Waals surface area contributed by atoms with Crippen LogP contribution in [0.2, 0.25) is 0 Å². The van der Waals surface area contributed by atoms with Gasteiger partial charge in [0.05, 0.1) is 39.9 Å². The molecule has 0 saturated carbocycles. The van der Waals surface area contributed by atoms with Crippen molar-refractivity contribution >= 4 is 13.7 Å². The van der Waals surface area contributed by atoms with Crippen molar-refractivity contribution in [3.05, 3.63) is 24.3 Å². The van der Waals surface area contributed by atoms with E-state index in [0.29, 0.717) is 17.4 Å². The van der Waals surface area contributed by atoms with Crippen molar-refractivity contribution in [1.82, 2.24) is 5.32 Å². The quantitative estimate of drug-likeness (QED) is 0.0246. The van der Waals surface area contributed by atoms with Crippen LogP contribution < -0.4 is 5.32 Å². The number of phosphoric ester groups is 1. The highest BCUT2D eigenvalue weighted by atomic mass is 31.2. The number of unbranched alkanes of at least 4 members (excludes halogenated alkanes) is 27. The topological polar surface area (TPSA) is 105 Å². The van der Waals surface area contributed by atoms with E-state index in [-0.39, 0.29) is 19.1 Å². The summed E-state index contributed by atoms with van der Waals surface area (Å²) in [6.07, 6.45) is 45.4. The molecule has 8 nitrogen and oxygen atoms in total. The molecule has 3 N–H and O–H groups in total. The molecule has 0 radical (unpaired) electrons. The van der Waals surface area contributed by atoms with Gasteiger partial charge in [-0.1, -0.05) is 199 Å². The summed E-state index contributed by atoms with van der Waals surface area (Å²) in [4.78, 5) is 23.1. The third kappa shape index (κ3) is 41.0. The number of rotatable bonds is 42. The number of aliphatic hydroxyl groups excluding tert-OH is 1. The lowest BCUT2D eigenvalue weighted by atomic mass is 10.0. The number of nitrogens with zero attached hydrogens (tertiary/aromatic N) is 1. The maximum atomic E-state index is 12.9. The summed E-state index contributed by atoms with van der Waals surface area (Å²) in [7, 11) is 1.56. The number of phosphoric acid groups is 1. The minimum absolute atomic E-state index is 0.0581. The Balaban J connectivity index is 4.30. The number of hydrogen-bond donors (Lipinski definition) is 3. The van der Waals surface area contributed by atoms with Gasteiger partial charge < -0.3 is 19.8 Å². The van der Waals surface area contributed by atoms with E-state index in [4.69, 9.17) is 9.05 Å². The molecular formula is C46H92N2O6P+. The molecule has 0 spiro atoms. The second kappa shape index (κ2) is 38.5. The van der Waals surface area contributed by atoms with Crippen LogP contribution in [-0.4, -0.2) is 73.4 Å². The standard InChI is InChI=1S/C46H91N2O6P/c1-6-8-10-12-14-16-18-20-21-22-23-24-25-26-27-28-30-32-34-36-38-40-46(50)47-44(43-54-55(51,52)53-42-41-48(3,4)5)45(49)39-37-35-33-31-29-19-17-15-13-11-9-7-2/h29,31,37,39,44-45,49H,6-28,30,32-36,38,40-43H2,1-5H3,(H-,47,50,51,52)/p+1/b31-29+,39-37+. The van der Waals surface area contributed by atoms with Gasteiger partial charge in [0.15, 0.2) is 0 Å². The van der Waals surface area contributed by atoms with Crippen molar-refractivity contribution < 1.29 is 32.9 Å². The van der Waals surface area contributed by atoms with Crippen LogP contribution >= 0.6 is 7.82 Å². The molecule has 0 aromatic rings. The Morgan fingerprint density at radius 2 is 1.00 bits per heavy atom. The van der Waals surface area contributed by atoms with Gasteiger partial charge >= 0.3 is 7.82 Å². The Morgan fingerprint density at radius 1 is 0.600 bits per heavy atom. The van der Waals surface area contributed by atoms with Gasteiger partial charge in [0, 0.05) is 6.42 Å². The average molecular weight is 800 g/mol. The van der Waals surface area contributed by atoms with E-state index in [9.17, 15) is 19.4 Å². The largest absolute Gasteiger partial charge is 0.472 e. The van der Waals surface area contributed by atoms with Crippen LogP contribution in [0.3, 0.4) is 0 Å². The molecule has 0 heterocycles. The van der Waals surface area contributed by atoms with E-state index in [1.165, 1.54) is 154 Å². The van der Waals surface area contributed by atoms with Crippen LogP contribution in [0.25, 0.3) is 0 Å². The number of carbonyl (C=O) groups is 1. The highest BCUT2D eigenvalue weighted by Crippen LogP contribution is 2.43. The molecule has 55 heavy (non-hydrogen) atoms. The zero-order chi connectivity index (χ0) is 40.7. The SMILES string of the molecule is CCCCCCCC/C=C/CC/C=C/C(O)C(COP(=O)(O)OCC[N+](C)(C)C)NC(=O)CCCCCCCCCCCCCCCCCCCCCCC. The van der Waals surface area contributed by atoms with Gasteiger partial charge in [0.2, 0.25) is 5.91 Å². The summed E-state index contributed by atoms with van der Waals surface area (Å²) in [5.41, 5.74) is 0. The van der Waals surface area contributed by atoms with Crippen LogP contribution in [0.5, 0.6) is 0 Å². The molecule has 326 valence electrons. The maximum absolute atomic E-state index is 12.9. The molecule has 0 saturated heterocycles. The Kier molecular flexibility index (Phi) is 37.8. The van der Waals surface area contributed by atoms with Gasteiger partial charge in [0.25, 0.3) is 0 Å². The fourth-order valence-electron chi connectivity index (χ4n) is 6.70. The number of hydrogen-bond acceptors (Lipinski definition) is 5. The summed E-state index contributed by atoms with van der Waals surface area (Å²) >= 11 is 0. The number of allylic oxidation sites excluding steroid dienone is 3. The van der Waals surface area contributed by atoms with Gasteiger partial charge in [-0.05, 0) is 32.1 Å². The summed E-state index contributed by atoms with van der Waals surface area (Å²) in [5.74, 6) is -0.185. The molecule has 0 aliphatic heterocycles. The number of aliphatic hydroxyl groups is 1. The summed E-state index contributed by atoms with van der Waals surface area (Å²) in [6, 6.07) is -0.857. The molecule has 0 aliphatic carbocycles. The molecule has 0 fully saturated rings. The third-order valence-electron chi connectivity index (χ3n) is 10.4. The Labute approximate surface area is 341 Å². The van der Waals surface area contributed by atoms with Crippen molar-refractivity contribution in [3.8, 4) is 0 Å². The van der Waals surface area contributed by atoms with Crippen molar-refractivity contribution in [3.63, 3.8) is 0 Å². The van der Waals surface area contributed by atoms with Crippen molar-refractivity contribution in [2.75, 3.05) is 40.9 Å². The van der Waals surface area contributed by atoms with Crippen LogP contribution in [0.15, 0.2) is 24.3 Å². The molecule has 9 heteroatoms. The molecule has 0 bridgehead atoms. The summed E-state index contributed by atoms with van der Waals surface area (Å²) < 4.78 is 23.5. The number of amides is 1. The summed E-state index contributed by atoms with van der Waals surface area (Å²) in [5, 5.41) is 13.8. The smallest absolute Gasteiger partial charge is 0.387 e. The lowest BCUT2D eigenvalue weighted by Gasteiger charge is -2.25. The molecule has 1 amide bonds. The summed E-state index contributed by atoms with van der Waals surface area (Å²) in [6.45, 7) is 4.79. The monoisotopic (exact) mass is 800 g/mol. The van der Waals surface area contributed by atoms with Crippen molar-refractivity contribution in [2.45, 2.75) is 225 Å². The second-order valence-corrected chi connectivity index (χ2v) is 18.6. The second-order valence-electron chi connectivity index (χ2n) is 17.1. The molecular weight excluding hydrogens is 707 g/mol. The van der Waals surface area contributed by atoms with E-state index in [1.54, 1.807) is 6.08 Å². The van der Waals surface area contributed by atoms with E-state index in [2.05, 4.69) is 31.3 Å². The van der Waals surface area contributed by atoms with Gasteiger partial charge in [0.1, 0.15) is 13.2 Å². The van der Waals surface area contributed by atoms with Crippen LogP contribution in [0.4, 0.5) is 0 Å². The average Bonchev–Trinajstić information content (AvgIpc) is 3.13. The van der Waals surface area contributed by atoms with Gasteiger partial charge in [-0.3, -0.25) is 13.8 Å². The molecule has 3 atom stereocenters. The Hall–Kier alpha value is -1.02. The van der Waals surface area contributed by atoms with Crippen LogP contribution in [0.1, 0.15) is 213 Å². The first-order valence-electron chi connectivity index (χ1n) is 23.2. The van der Waals surface area contributed by atoms with Crippen molar-refractivity contribution in [1.29, 1.82) is 0 Å². The third-order valence-corrected chi connectivity index (χ3v) is 11.4. The first-order chi connectivity index (χ1) is 26.5. The van der Waals surface area contributed by atoms with Crippen molar-refractivity contribution in [2.24, 2.45) is 0 Å². The number of carbonyl (C=O) groups excluding carboxylic acids is 1. The maximum Gasteiger partial charge on any atom is 0.472 e. The molecule has 3 unspecified atom stereocenters. The van der Waals surface area contributed by atoms with E-state index in [0.717, 1.165) is 38.5 Å². The van der Waals surface area contributed by atoms with Gasteiger partial charge in [-0.25, -0.2) is 4.57 Å². The molecule has 0 rings (SSSR count). The van der Waals surface area contributed by atoms with E-state index in [1.807, 2.05) is 27.2 Å². The predicted molar refractivity (Wildman–Crippen MR) is 235 cm³/mol. The number of likely N-dealkylation sites (N-methyl/N-ethyl adjacent to an activating group) is 1. The van der Waals surface area contributed by atoms with Crippen LogP contribution in [-0.2, 0) is 18.4 Å². The molecule has 0 aliphatic rings. The fraction of sp³-hybridized carbons (Fsp3) is 0.891. The number of nitrogens with one attached hydrogen (secondary N) is 1. The molecule has 0 aromatic heterocycles. The first-order valence-corrected chi connectivity index (χ1v) is 24.7. The zero-order valence-corrected chi connectivity index (χ0v) is 37.8. The molecule has 0 aromatic carbocycles. The van der Waals surface area contributed by atoms with E-state index >= 15 is 0 Å². The highest BCUT2D eigenvalue weighted by Gasteiger charge is 2.27. The van der Waals surface area contributed by atoms with Gasteiger partial charge in [-0.2, -0.15) is 0 Å². The minimum atomic E-state index is -4.34. The van der Waals surface area contributed by atoms with E-state index < -0.39 is 20.0 Å². The number of quaternary nitrogens is 1. The van der Waals surface area contributed by atoms with Gasteiger partial charge in [-0.15, -0.1) is 0 Å². The predicted octanol–water partition coefficient (Wildman–Crippen LogP) is 12.9. The lowest BCUT2D eigenvalue weighted by Crippen LogP contribution is -2.45. The first kappa shape index (κ1) is 54.0. The highest BCUT2D eigenvalue weighted by molar-refractivity contribution is 7.47. The fourth-order valence-corrected chi connectivity index (χ4v) is 7.44. The Bertz CT molecular complexity index is 953. The lowest BCUT2D eigenvalue weighted by molar-refractivity contribution is -0.870. The Morgan fingerprint density at radius 3 is 1.45 bits per heavy atom.